The summed E-state index contributed by atoms with van der Waals surface area (Å²) in [6, 6.07) is 25.1. The summed E-state index contributed by atoms with van der Waals surface area (Å²) in [7, 11) is -1.47. The van der Waals surface area contributed by atoms with E-state index >= 15 is 0 Å². The van der Waals surface area contributed by atoms with Gasteiger partial charge in [-0.05, 0) is 39.3 Å². The topological polar surface area (TPSA) is 0 Å². The molecule has 1 unspecified atom stereocenters. The molecule has 132 valence electrons. The van der Waals surface area contributed by atoms with E-state index in [2.05, 4.69) is 95.3 Å². The normalized spacial score (nSPS) is 19.6. The van der Waals surface area contributed by atoms with Gasteiger partial charge in [0.25, 0.3) is 0 Å². The van der Waals surface area contributed by atoms with Gasteiger partial charge in [0, 0.05) is 0 Å². The van der Waals surface area contributed by atoms with E-state index in [1.54, 1.807) is 10.8 Å². The minimum Gasteiger partial charge on any atom is -0.0674 e. The first kappa shape index (κ1) is 18.2. The lowest BCUT2D eigenvalue weighted by Gasteiger charge is -2.54. The van der Waals surface area contributed by atoms with Gasteiger partial charge in [-0.25, -0.2) is 0 Å². The summed E-state index contributed by atoms with van der Waals surface area (Å²) in [6.45, 7) is 12.1. The van der Waals surface area contributed by atoms with Gasteiger partial charge in [-0.3, -0.25) is 0 Å². The van der Waals surface area contributed by atoms with Crippen molar-refractivity contribution in [2.24, 2.45) is 5.41 Å². The molecule has 1 aliphatic heterocycles. The quantitative estimate of drug-likeness (QED) is 0.492. The van der Waals surface area contributed by atoms with Crippen LogP contribution in [0.1, 0.15) is 52.2 Å². The molecule has 2 aromatic carbocycles. The summed E-state index contributed by atoms with van der Waals surface area (Å²) in [5.74, 6) is 0. The highest BCUT2D eigenvalue weighted by Gasteiger charge is 2.54. The van der Waals surface area contributed by atoms with Crippen LogP contribution in [0.3, 0.4) is 0 Å². The van der Waals surface area contributed by atoms with Gasteiger partial charge in [0.15, 0.2) is 0 Å². The van der Waals surface area contributed by atoms with E-state index in [1.165, 1.54) is 29.6 Å². The van der Waals surface area contributed by atoms with Crippen molar-refractivity contribution in [3.05, 3.63) is 71.8 Å². The van der Waals surface area contributed by atoms with Crippen LogP contribution in [0.25, 0.3) is 10.8 Å². The van der Waals surface area contributed by atoms with Gasteiger partial charge in [0.2, 0.25) is 0 Å². The van der Waals surface area contributed by atoms with E-state index in [4.69, 9.17) is 0 Å². The number of benzene rings is 2. The molecule has 0 N–H and O–H groups in total. The maximum absolute atomic E-state index is 2.44. The molecular formula is C24H32Si. The molecule has 0 aliphatic carbocycles. The highest BCUT2D eigenvalue weighted by Crippen LogP contribution is 2.62. The number of rotatable bonds is 5. The minimum atomic E-state index is -1.47. The average Bonchev–Trinajstić information content (AvgIpc) is 2.60. The molecule has 0 bridgehead atoms. The number of hydrogen-bond acceptors (Lipinski definition) is 0. The second-order valence-electron chi connectivity index (χ2n) is 8.70. The molecule has 0 saturated heterocycles. The lowest BCUT2D eigenvalue weighted by atomic mass is 9.85. The van der Waals surface area contributed by atoms with Crippen LogP contribution in [0.5, 0.6) is 0 Å². The van der Waals surface area contributed by atoms with E-state index in [-0.39, 0.29) is 0 Å². The molecule has 0 saturated carbocycles. The first-order chi connectivity index (χ1) is 11.9. The van der Waals surface area contributed by atoms with Crippen molar-refractivity contribution >= 4 is 18.8 Å². The first-order valence-electron chi connectivity index (χ1n) is 9.78. The third kappa shape index (κ3) is 3.27. The van der Waals surface area contributed by atoms with E-state index in [1.807, 2.05) is 0 Å². The Kier molecular flexibility index (Phi) is 5.06. The molecule has 1 heteroatoms. The van der Waals surface area contributed by atoms with Crippen LogP contribution in [0.15, 0.2) is 60.7 Å². The Morgan fingerprint density at radius 1 is 0.760 bits per heavy atom. The molecule has 1 heterocycles. The van der Waals surface area contributed by atoms with Crippen molar-refractivity contribution in [2.75, 3.05) is 0 Å². The molecular weight excluding hydrogens is 316 g/mol. The summed E-state index contributed by atoms with van der Waals surface area (Å²) in [6.07, 6.45) is 1.31. The Balaban J connectivity index is 2.22. The standard InChI is InChI=1S/C24H32Si/c1-6-25(7-2)21(18-24(3,4)5)22(19-14-10-8-11-15-19)23(25)20-16-12-9-13-17-20/h8-17,21H,6-7,18H2,1-5H3. The fraction of sp³-hybridized carbons (Fsp3) is 0.417. The lowest BCUT2D eigenvalue weighted by Crippen LogP contribution is -2.50. The molecule has 0 radical (unpaired) electrons. The van der Waals surface area contributed by atoms with Gasteiger partial charge in [0.1, 0.15) is 0 Å². The van der Waals surface area contributed by atoms with Crippen LogP contribution < -0.4 is 0 Å². The molecule has 0 amide bonds. The van der Waals surface area contributed by atoms with Gasteiger partial charge < -0.3 is 0 Å². The van der Waals surface area contributed by atoms with Crippen LogP contribution in [-0.4, -0.2) is 8.07 Å². The lowest BCUT2D eigenvalue weighted by molar-refractivity contribution is 0.379. The van der Waals surface area contributed by atoms with Crippen molar-refractivity contribution in [1.82, 2.24) is 0 Å². The highest BCUT2D eigenvalue weighted by molar-refractivity contribution is 7.04. The van der Waals surface area contributed by atoms with Crippen LogP contribution in [0.2, 0.25) is 17.6 Å². The molecule has 0 spiro atoms. The van der Waals surface area contributed by atoms with Crippen molar-refractivity contribution in [1.29, 1.82) is 0 Å². The molecule has 0 fully saturated rings. The van der Waals surface area contributed by atoms with Crippen LogP contribution >= 0.6 is 0 Å². The predicted octanol–water partition coefficient (Wildman–Crippen LogP) is 7.45. The van der Waals surface area contributed by atoms with E-state index < -0.39 is 8.07 Å². The third-order valence-electron chi connectivity index (χ3n) is 6.01. The Hall–Kier alpha value is -1.60. The molecule has 2 aromatic rings. The van der Waals surface area contributed by atoms with Crippen molar-refractivity contribution in [3.63, 3.8) is 0 Å². The fourth-order valence-electron chi connectivity index (χ4n) is 4.83. The second kappa shape index (κ2) is 6.95. The van der Waals surface area contributed by atoms with Crippen LogP contribution in [-0.2, 0) is 0 Å². The first-order valence-corrected chi connectivity index (χ1v) is 12.3. The highest BCUT2D eigenvalue weighted by atomic mass is 28.3. The van der Waals surface area contributed by atoms with Crippen LogP contribution in [0, 0.1) is 5.41 Å². The summed E-state index contributed by atoms with van der Waals surface area (Å²) >= 11 is 0. The number of hydrogen-bond donors (Lipinski definition) is 0. The number of allylic oxidation sites excluding steroid dienone is 1. The Bertz CT molecular complexity index is 731. The molecule has 3 rings (SSSR count). The van der Waals surface area contributed by atoms with E-state index in [0.29, 0.717) is 5.41 Å². The van der Waals surface area contributed by atoms with Gasteiger partial charge in [-0.15, -0.1) is 0 Å². The molecule has 1 atom stereocenters. The van der Waals surface area contributed by atoms with Crippen LogP contribution in [0.4, 0.5) is 0 Å². The maximum Gasteiger partial charge on any atom is 0.0947 e. The van der Waals surface area contributed by atoms with Crippen molar-refractivity contribution in [3.8, 4) is 0 Å². The predicted molar refractivity (Wildman–Crippen MR) is 114 cm³/mol. The smallest absolute Gasteiger partial charge is 0.0674 e. The zero-order valence-electron chi connectivity index (χ0n) is 16.5. The second-order valence-corrected chi connectivity index (χ2v) is 13.6. The Morgan fingerprint density at radius 2 is 1.24 bits per heavy atom. The van der Waals surface area contributed by atoms with Gasteiger partial charge in [-0.1, -0.05) is 107 Å². The largest absolute Gasteiger partial charge is 0.0947 e. The average molecular weight is 349 g/mol. The molecule has 25 heavy (non-hydrogen) atoms. The Morgan fingerprint density at radius 3 is 1.68 bits per heavy atom. The van der Waals surface area contributed by atoms with Crippen molar-refractivity contribution < 1.29 is 0 Å². The molecule has 1 aliphatic rings. The fourth-order valence-corrected chi connectivity index (χ4v) is 10.6. The molecule has 0 nitrogen and oxygen atoms in total. The zero-order chi connectivity index (χ0) is 18.1. The summed E-state index contributed by atoms with van der Waals surface area (Å²) in [5, 5.41) is 1.73. The minimum absolute atomic E-state index is 0.371. The maximum atomic E-state index is 2.44. The third-order valence-corrected chi connectivity index (χ3v) is 11.9. The van der Waals surface area contributed by atoms with Crippen molar-refractivity contribution in [2.45, 2.75) is 58.7 Å². The van der Waals surface area contributed by atoms with Gasteiger partial charge >= 0.3 is 0 Å². The molecule has 0 aromatic heterocycles. The summed E-state index contributed by atoms with van der Waals surface area (Å²) < 4.78 is 0. The van der Waals surface area contributed by atoms with Gasteiger partial charge in [-0.2, -0.15) is 0 Å². The summed E-state index contributed by atoms with van der Waals surface area (Å²) in [4.78, 5) is 0. The van der Waals surface area contributed by atoms with E-state index in [9.17, 15) is 0 Å². The van der Waals surface area contributed by atoms with E-state index in [0.717, 1.165) is 5.54 Å². The zero-order valence-corrected chi connectivity index (χ0v) is 17.5. The van der Waals surface area contributed by atoms with Gasteiger partial charge in [0.05, 0.1) is 8.07 Å². The monoisotopic (exact) mass is 348 g/mol. The summed E-state index contributed by atoms with van der Waals surface area (Å²) in [5.41, 5.74) is 5.72. The SMILES string of the molecule is CC[Si]1(CC)C(c2ccccc2)=C(c2ccccc2)C1CC(C)(C)C. The Labute approximate surface area is 155 Å².